The number of amides is 1. The molecule has 0 aromatic rings. The topological polar surface area (TPSA) is 66.4 Å². The van der Waals surface area contributed by atoms with Gasteiger partial charge in [-0.15, -0.1) is 0 Å². The van der Waals surface area contributed by atoms with E-state index in [2.05, 4.69) is 26.1 Å². The van der Waals surface area contributed by atoms with Crippen LogP contribution < -0.4 is 5.32 Å². The maximum absolute atomic E-state index is 11.7. The van der Waals surface area contributed by atoms with Crippen LogP contribution in [0.3, 0.4) is 0 Å². The van der Waals surface area contributed by atoms with Gasteiger partial charge in [0.1, 0.15) is 0 Å². The van der Waals surface area contributed by atoms with E-state index in [9.17, 15) is 9.59 Å². The Balaban J connectivity index is 3.78. The first-order valence-electron chi connectivity index (χ1n) is 8.44. The van der Waals surface area contributed by atoms with Crippen LogP contribution in [0.4, 0.5) is 0 Å². The third kappa shape index (κ3) is 13.7. The van der Waals surface area contributed by atoms with Crippen molar-refractivity contribution in [2.24, 2.45) is 11.8 Å². The minimum atomic E-state index is -0.786. The summed E-state index contributed by atoms with van der Waals surface area (Å²) in [4.78, 5) is 22.6. The van der Waals surface area contributed by atoms with Crippen LogP contribution in [0, 0.1) is 11.8 Å². The van der Waals surface area contributed by atoms with Crippen molar-refractivity contribution in [3.8, 4) is 0 Å². The molecular formula is C17H33NO3. The van der Waals surface area contributed by atoms with Crippen LogP contribution in [0.1, 0.15) is 78.6 Å². The monoisotopic (exact) mass is 299 g/mol. The van der Waals surface area contributed by atoms with E-state index in [4.69, 9.17) is 5.11 Å². The molecule has 124 valence electrons. The summed E-state index contributed by atoms with van der Waals surface area (Å²) in [5.74, 6) is -0.240. The van der Waals surface area contributed by atoms with Crippen LogP contribution in [0.25, 0.3) is 0 Å². The summed E-state index contributed by atoms with van der Waals surface area (Å²) < 4.78 is 0. The lowest BCUT2D eigenvalue weighted by Crippen LogP contribution is -2.30. The molecule has 1 amide bonds. The van der Waals surface area contributed by atoms with E-state index in [0.717, 1.165) is 19.3 Å². The minimum absolute atomic E-state index is 0.0380. The van der Waals surface area contributed by atoms with Gasteiger partial charge in [0, 0.05) is 19.4 Å². The van der Waals surface area contributed by atoms with Gasteiger partial charge < -0.3 is 10.4 Å². The molecule has 0 fully saturated rings. The molecule has 0 bridgehead atoms. The summed E-state index contributed by atoms with van der Waals surface area (Å²) in [5.41, 5.74) is 0. The molecule has 2 N–H and O–H groups in total. The predicted octanol–water partition coefficient (Wildman–Crippen LogP) is 3.99. The summed E-state index contributed by atoms with van der Waals surface area (Å²) >= 11 is 0. The van der Waals surface area contributed by atoms with Crippen LogP contribution in [0.15, 0.2) is 0 Å². The van der Waals surface area contributed by atoms with Crippen LogP contribution >= 0.6 is 0 Å². The first-order chi connectivity index (χ1) is 9.95. The molecule has 0 aromatic heterocycles. The Bertz CT molecular complexity index is 290. The molecule has 1 unspecified atom stereocenters. The molecule has 0 rings (SSSR count). The second-order valence-electron chi connectivity index (χ2n) is 6.42. The number of hydrogen-bond acceptors (Lipinski definition) is 2. The SMILES string of the molecule is CCCCCCCCC(=O)NCC(CC(=O)O)CC(C)C. The first-order valence-corrected chi connectivity index (χ1v) is 8.44. The highest BCUT2D eigenvalue weighted by molar-refractivity contribution is 5.75. The fourth-order valence-electron chi connectivity index (χ4n) is 2.56. The van der Waals surface area contributed by atoms with Crippen molar-refractivity contribution in [3.05, 3.63) is 0 Å². The van der Waals surface area contributed by atoms with Gasteiger partial charge in [-0.25, -0.2) is 0 Å². The minimum Gasteiger partial charge on any atom is -0.481 e. The van der Waals surface area contributed by atoms with Crippen LogP contribution in [-0.2, 0) is 9.59 Å². The van der Waals surface area contributed by atoms with E-state index < -0.39 is 5.97 Å². The summed E-state index contributed by atoms with van der Waals surface area (Å²) in [6.07, 6.45) is 8.55. The highest BCUT2D eigenvalue weighted by Crippen LogP contribution is 2.15. The Morgan fingerprint density at radius 1 is 1.05 bits per heavy atom. The maximum Gasteiger partial charge on any atom is 0.303 e. The molecule has 4 nitrogen and oxygen atoms in total. The number of hydrogen-bond donors (Lipinski definition) is 2. The molecular weight excluding hydrogens is 266 g/mol. The summed E-state index contributed by atoms with van der Waals surface area (Å²) in [5, 5.41) is 11.8. The molecule has 4 heteroatoms. The average molecular weight is 299 g/mol. The molecule has 1 atom stereocenters. The Morgan fingerprint density at radius 3 is 2.24 bits per heavy atom. The van der Waals surface area contributed by atoms with Gasteiger partial charge in [-0.1, -0.05) is 52.9 Å². The molecule has 0 aliphatic carbocycles. The molecule has 0 aromatic carbocycles. The quantitative estimate of drug-likeness (QED) is 0.505. The largest absolute Gasteiger partial charge is 0.481 e. The Morgan fingerprint density at radius 2 is 1.67 bits per heavy atom. The van der Waals surface area contributed by atoms with E-state index in [1.165, 1.54) is 25.7 Å². The number of carbonyl (C=O) groups is 2. The highest BCUT2D eigenvalue weighted by atomic mass is 16.4. The maximum atomic E-state index is 11.7. The number of aliphatic carboxylic acids is 1. The summed E-state index contributed by atoms with van der Waals surface area (Å²) in [7, 11) is 0. The van der Waals surface area contributed by atoms with E-state index in [1.807, 2.05) is 0 Å². The van der Waals surface area contributed by atoms with Gasteiger partial charge in [0.25, 0.3) is 0 Å². The van der Waals surface area contributed by atoms with Crippen LogP contribution in [0.5, 0.6) is 0 Å². The Hall–Kier alpha value is -1.06. The molecule has 0 heterocycles. The van der Waals surface area contributed by atoms with E-state index >= 15 is 0 Å². The second-order valence-corrected chi connectivity index (χ2v) is 6.42. The molecule has 0 spiro atoms. The number of unbranched alkanes of at least 4 members (excludes halogenated alkanes) is 5. The van der Waals surface area contributed by atoms with Gasteiger partial charge in [-0.3, -0.25) is 9.59 Å². The van der Waals surface area contributed by atoms with Gasteiger partial charge in [0.2, 0.25) is 5.91 Å². The third-order valence-corrected chi connectivity index (χ3v) is 3.61. The number of nitrogens with one attached hydrogen (secondary N) is 1. The van der Waals surface area contributed by atoms with Crippen LogP contribution in [0.2, 0.25) is 0 Å². The summed E-state index contributed by atoms with van der Waals surface area (Å²) in [6.45, 7) is 6.83. The highest BCUT2D eigenvalue weighted by Gasteiger charge is 2.15. The summed E-state index contributed by atoms with van der Waals surface area (Å²) in [6, 6.07) is 0. The van der Waals surface area contributed by atoms with Crippen molar-refractivity contribution < 1.29 is 14.7 Å². The molecule has 0 aliphatic heterocycles. The average Bonchev–Trinajstić information content (AvgIpc) is 2.38. The lowest BCUT2D eigenvalue weighted by atomic mass is 9.94. The van der Waals surface area contributed by atoms with Gasteiger partial charge >= 0.3 is 5.97 Å². The molecule has 0 radical (unpaired) electrons. The van der Waals surface area contributed by atoms with Crippen LogP contribution in [-0.4, -0.2) is 23.5 Å². The van der Waals surface area contributed by atoms with Crippen molar-refractivity contribution in [2.75, 3.05) is 6.54 Å². The predicted molar refractivity (Wildman–Crippen MR) is 86.2 cm³/mol. The van der Waals surface area contributed by atoms with Crippen molar-refractivity contribution in [1.82, 2.24) is 5.32 Å². The number of carboxylic acid groups (broad SMARTS) is 1. The van der Waals surface area contributed by atoms with Gasteiger partial charge in [-0.05, 0) is 24.7 Å². The number of carboxylic acids is 1. The normalized spacial score (nSPS) is 12.4. The molecule has 0 saturated heterocycles. The van der Waals surface area contributed by atoms with Crippen molar-refractivity contribution in [3.63, 3.8) is 0 Å². The Kier molecular flexibility index (Phi) is 12.0. The van der Waals surface area contributed by atoms with Gasteiger partial charge in [0.15, 0.2) is 0 Å². The number of carbonyl (C=O) groups excluding carboxylic acids is 1. The fourth-order valence-corrected chi connectivity index (χ4v) is 2.56. The van der Waals surface area contributed by atoms with Crippen molar-refractivity contribution in [2.45, 2.75) is 78.6 Å². The Labute approximate surface area is 129 Å². The lowest BCUT2D eigenvalue weighted by Gasteiger charge is -2.17. The van der Waals surface area contributed by atoms with Gasteiger partial charge in [0.05, 0.1) is 0 Å². The van der Waals surface area contributed by atoms with Gasteiger partial charge in [-0.2, -0.15) is 0 Å². The zero-order valence-corrected chi connectivity index (χ0v) is 14.0. The number of rotatable bonds is 13. The standard InChI is InChI=1S/C17H33NO3/c1-4-5-6-7-8-9-10-16(19)18-13-15(11-14(2)3)12-17(20)21/h14-15H,4-13H2,1-3H3,(H,18,19)(H,20,21). The van der Waals surface area contributed by atoms with E-state index in [-0.39, 0.29) is 18.2 Å². The van der Waals surface area contributed by atoms with Crippen molar-refractivity contribution in [1.29, 1.82) is 0 Å². The molecule has 21 heavy (non-hydrogen) atoms. The zero-order chi connectivity index (χ0) is 16.1. The van der Waals surface area contributed by atoms with E-state index in [1.54, 1.807) is 0 Å². The van der Waals surface area contributed by atoms with Crippen molar-refractivity contribution >= 4 is 11.9 Å². The first kappa shape index (κ1) is 19.9. The zero-order valence-electron chi connectivity index (χ0n) is 14.0. The lowest BCUT2D eigenvalue weighted by molar-refractivity contribution is -0.138. The fraction of sp³-hybridized carbons (Fsp3) is 0.882. The molecule has 0 saturated carbocycles. The molecule has 0 aliphatic rings. The smallest absolute Gasteiger partial charge is 0.303 e. The third-order valence-electron chi connectivity index (χ3n) is 3.61. The van der Waals surface area contributed by atoms with E-state index in [0.29, 0.717) is 18.9 Å². The second kappa shape index (κ2) is 12.7.